The Morgan fingerprint density at radius 1 is 1.41 bits per heavy atom. The van der Waals surface area contributed by atoms with Crippen LogP contribution in [0.15, 0.2) is 24.3 Å². The Hall–Kier alpha value is -2.09. The van der Waals surface area contributed by atoms with Gasteiger partial charge in [-0.3, -0.25) is 0 Å². The number of tetrazole rings is 1. The smallest absolute Gasteiger partial charge is 0.328 e. The Labute approximate surface area is 132 Å². The molecule has 22 heavy (non-hydrogen) atoms. The summed E-state index contributed by atoms with van der Waals surface area (Å²) in [6.07, 6.45) is 2.39. The summed E-state index contributed by atoms with van der Waals surface area (Å²) in [6, 6.07) is 6.81. The molecule has 0 aliphatic carbocycles. The predicted octanol–water partition coefficient (Wildman–Crippen LogP) is 1.94. The number of thioether (sulfide) groups is 1. The summed E-state index contributed by atoms with van der Waals surface area (Å²) in [7, 11) is 0. The molecule has 0 fully saturated rings. The number of carbonyl (C=O) groups is 1. The molecule has 0 aliphatic heterocycles. The monoisotopic (exact) mass is 322 g/mol. The van der Waals surface area contributed by atoms with Crippen LogP contribution in [0, 0.1) is 6.92 Å². The number of carboxylic acid groups (broad SMARTS) is 1. The topological polar surface area (TPSA) is 90.1 Å². The molecule has 2 aromatic rings. The van der Waals surface area contributed by atoms with Crippen molar-refractivity contribution in [2.45, 2.75) is 26.0 Å². The van der Waals surface area contributed by atoms with Crippen LogP contribution < -0.4 is 4.74 Å². The highest BCUT2D eigenvalue weighted by Gasteiger charge is 2.24. The van der Waals surface area contributed by atoms with Crippen molar-refractivity contribution in [2.24, 2.45) is 0 Å². The van der Waals surface area contributed by atoms with E-state index in [0.717, 1.165) is 11.3 Å². The molecule has 1 unspecified atom stereocenters. The van der Waals surface area contributed by atoms with Gasteiger partial charge in [0.2, 0.25) is 0 Å². The van der Waals surface area contributed by atoms with E-state index in [-0.39, 0.29) is 6.61 Å². The van der Waals surface area contributed by atoms with E-state index in [2.05, 4.69) is 15.5 Å². The lowest BCUT2D eigenvalue weighted by molar-refractivity contribution is -0.141. The summed E-state index contributed by atoms with van der Waals surface area (Å²) in [5, 5.41) is 20.6. The number of aryl methyl sites for hydroxylation is 1. The van der Waals surface area contributed by atoms with Crippen molar-refractivity contribution in [3.8, 4) is 5.75 Å². The third kappa shape index (κ3) is 4.20. The molecule has 0 radical (unpaired) electrons. The molecule has 0 aliphatic rings. The standard InChI is InChI=1S/C14H18N4O3S/c1-10-3-5-11(6-4-10)21-9-13-15-16-17-18(13)12(14(19)20)7-8-22-2/h3-6,12H,7-9H2,1-2H3,(H,19,20). The molecule has 1 N–H and O–H groups in total. The first kappa shape index (κ1) is 16.3. The van der Waals surface area contributed by atoms with Crippen LogP contribution in [-0.2, 0) is 11.4 Å². The summed E-state index contributed by atoms with van der Waals surface area (Å²) in [4.78, 5) is 11.4. The van der Waals surface area contributed by atoms with Gasteiger partial charge < -0.3 is 9.84 Å². The number of aromatic nitrogens is 4. The Kier molecular flexibility index (Phi) is 5.76. The van der Waals surface area contributed by atoms with E-state index in [1.54, 1.807) is 11.8 Å². The maximum Gasteiger partial charge on any atom is 0.328 e. The van der Waals surface area contributed by atoms with Gasteiger partial charge in [-0.05, 0) is 47.9 Å². The van der Waals surface area contributed by atoms with Gasteiger partial charge in [0.15, 0.2) is 11.9 Å². The number of rotatable bonds is 8. The normalized spacial score (nSPS) is 12.1. The average Bonchev–Trinajstić information content (AvgIpc) is 2.95. The minimum atomic E-state index is -0.946. The first-order valence-corrected chi connectivity index (χ1v) is 8.19. The van der Waals surface area contributed by atoms with Crippen molar-refractivity contribution in [1.82, 2.24) is 20.2 Å². The van der Waals surface area contributed by atoms with Crippen LogP contribution in [0.25, 0.3) is 0 Å². The molecule has 0 saturated heterocycles. The van der Waals surface area contributed by atoms with Gasteiger partial charge >= 0.3 is 5.97 Å². The molecule has 0 spiro atoms. The van der Waals surface area contributed by atoms with Crippen molar-refractivity contribution in [1.29, 1.82) is 0 Å². The van der Waals surface area contributed by atoms with Gasteiger partial charge in [0.05, 0.1) is 0 Å². The molecule has 0 bridgehead atoms. The molecule has 1 aromatic carbocycles. The van der Waals surface area contributed by atoms with E-state index in [9.17, 15) is 9.90 Å². The Morgan fingerprint density at radius 3 is 2.77 bits per heavy atom. The maximum atomic E-state index is 11.4. The molecule has 8 heteroatoms. The summed E-state index contributed by atoms with van der Waals surface area (Å²) >= 11 is 1.59. The fourth-order valence-electron chi connectivity index (χ4n) is 1.91. The van der Waals surface area contributed by atoms with Gasteiger partial charge in [-0.25, -0.2) is 9.48 Å². The van der Waals surface area contributed by atoms with Crippen molar-refractivity contribution < 1.29 is 14.6 Å². The summed E-state index contributed by atoms with van der Waals surface area (Å²) < 4.78 is 6.95. The summed E-state index contributed by atoms with van der Waals surface area (Å²) in [5.41, 5.74) is 1.14. The molecule has 118 valence electrons. The number of benzene rings is 1. The quantitative estimate of drug-likeness (QED) is 0.794. The second-order valence-electron chi connectivity index (χ2n) is 4.78. The second kappa shape index (κ2) is 7.79. The molecular formula is C14H18N4O3S. The minimum absolute atomic E-state index is 0.124. The third-order valence-electron chi connectivity index (χ3n) is 3.13. The third-order valence-corrected chi connectivity index (χ3v) is 3.77. The molecule has 0 amide bonds. The first-order chi connectivity index (χ1) is 10.6. The van der Waals surface area contributed by atoms with Crippen LogP contribution >= 0.6 is 11.8 Å². The number of aliphatic carboxylic acids is 1. The van der Waals surface area contributed by atoms with E-state index in [1.807, 2.05) is 37.4 Å². The van der Waals surface area contributed by atoms with Gasteiger partial charge in [-0.1, -0.05) is 17.7 Å². The number of ether oxygens (including phenoxy) is 1. The Morgan fingerprint density at radius 2 is 2.14 bits per heavy atom. The molecule has 1 heterocycles. The summed E-state index contributed by atoms with van der Waals surface area (Å²) in [6.45, 7) is 2.12. The highest BCUT2D eigenvalue weighted by molar-refractivity contribution is 7.98. The number of nitrogens with zero attached hydrogens (tertiary/aromatic N) is 4. The molecule has 1 aromatic heterocycles. The first-order valence-electron chi connectivity index (χ1n) is 6.79. The molecular weight excluding hydrogens is 304 g/mol. The molecule has 0 saturated carbocycles. The second-order valence-corrected chi connectivity index (χ2v) is 5.76. The van der Waals surface area contributed by atoms with E-state index in [1.165, 1.54) is 4.68 Å². The largest absolute Gasteiger partial charge is 0.486 e. The Bertz CT molecular complexity index is 615. The fourth-order valence-corrected chi connectivity index (χ4v) is 2.37. The number of hydrogen-bond donors (Lipinski definition) is 1. The van der Waals surface area contributed by atoms with E-state index in [0.29, 0.717) is 18.0 Å². The number of hydrogen-bond acceptors (Lipinski definition) is 6. The number of carboxylic acids is 1. The van der Waals surface area contributed by atoms with Crippen LogP contribution in [0.1, 0.15) is 23.9 Å². The van der Waals surface area contributed by atoms with Crippen LogP contribution in [0.4, 0.5) is 0 Å². The highest BCUT2D eigenvalue weighted by Crippen LogP contribution is 2.17. The van der Waals surface area contributed by atoms with Crippen LogP contribution in [0.3, 0.4) is 0 Å². The molecule has 2 rings (SSSR count). The maximum absolute atomic E-state index is 11.4. The lowest BCUT2D eigenvalue weighted by Crippen LogP contribution is -2.23. The highest BCUT2D eigenvalue weighted by atomic mass is 32.2. The van der Waals surface area contributed by atoms with Crippen molar-refractivity contribution in [3.63, 3.8) is 0 Å². The lowest BCUT2D eigenvalue weighted by atomic mass is 10.2. The molecule has 7 nitrogen and oxygen atoms in total. The lowest BCUT2D eigenvalue weighted by Gasteiger charge is -2.13. The van der Waals surface area contributed by atoms with Gasteiger partial charge in [0, 0.05) is 0 Å². The van der Waals surface area contributed by atoms with E-state index >= 15 is 0 Å². The van der Waals surface area contributed by atoms with Crippen molar-refractivity contribution >= 4 is 17.7 Å². The molecule has 1 atom stereocenters. The Balaban J connectivity index is 2.07. The van der Waals surface area contributed by atoms with Crippen LogP contribution in [0.2, 0.25) is 0 Å². The van der Waals surface area contributed by atoms with Gasteiger partial charge in [0.25, 0.3) is 0 Å². The van der Waals surface area contributed by atoms with Gasteiger partial charge in [-0.2, -0.15) is 11.8 Å². The van der Waals surface area contributed by atoms with E-state index < -0.39 is 12.0 Å². The zero-order valence-electron chi connectivity index (χ0n) is 12.5. The van der Waals surface area contributed by atoms with E-state index in [4.69, 9.17) is 4.74 Å². The van der Waals surface area contributed by atoms with Crippen molar-refractivity contribution in [2.75, 3.05) is 12.0 Å². The van der Waals surface area contributed by atoms with Crippen molar-refractivity contribution in [3.05, 3.63) is 35.7 Å². The zero-order chi connectivity index (χ0) is 15.9. The summed E-state index contributed by atoms with van der Waals surface area (Å²) in [5.74, 6) is 0.859. The predicted molar refractivity (Wildman–Crippen MR) is 83.0 cm³/mol. The van der Waals surface area contributed by atoms with Crippen LogP contribution in [0.5, 0.6) is 5.75 Å². The average molecular weight is 322 g/mol. The van der Waals surface area contributed by atoms with Crippen LogP contribution in [-0.4, -0.2) is 43.3 Å². The minimum Gasteiger partial charge on any atom is -0.486 e. The zero-order valence-corrected chi connectivity index (χ0v) is 13.3. The van der Waals surface area contributed by atoms with Gasteiger partial charge in [0.1, 0.15) is 12.4 Å². The SMILES string of the molecule is CSCCC(C(=O)O)n1nnnc1COc1ccc(C)cc1. The fraction of sp³-hybridized carbons (Fsp3) is 0.429. The van der Waals surface area contributed by atoms with Gasteiger partial charge in [-0.15, -0.1) is 5.10 Å².